The minimum Gasteiger partial charge on any atom is -0.283 e. The molecule has 0 heterocycles. The van der Waals surface area contributed by atoms with Gasteiger partial charge in [-0.15, -0.1) is 11.6 Å². The number of hydrogen-bond acceptors (Lipinski definition) is 2. The lowest BCUT2D eigenvalue weighted by Gasteiger charge is -2.15. The first-order valence-corrected chi connectivity index (χ1v) is 8.56. The van der Waals surface area contributed by atoms with Gasteiger partial charge in [-0.25, -0.2) is 8.42 Å². The Morgan fingerprint density at radius 1 is 1.33 bits per heavy atom. The molecule has 1 N–H and O–H groups in total. The Hall–Kier alpha value is -0.260. The van der Waals surface area contributed by atoms with Crippen LogP contribution in [0, 0.1) is 19.8 Å². The van der Waals surface area contributed by atoms with Gasteiger partial charge in [0.05, 0.1) is 11.4 Å². The third kappa shape index (κ3) is 4.44. The molecule has 0 aliphatic rings. The minimum atomic E-state index is -3.35. The second kappa shape index (κ2) is 6.26. The van der Waals surface area contributed by atoms with Gasteiger partial charge in [-0.1, -0.05) is 22.9 Å². The molecule has 0 saturated heterocycles. The van der Waals surface area contributed by atoms with Crippen LogP contribution in [0.25, 0.3) is 0 Å². The van der Waals surface area contributed by atoms with E-state index >= 15 is 0 Å². The summed E-state index contributed by atoms with van der Waals surface area (Å²) in [6, 6.07) is 3.77. The van der Waals surface area contributed by atoms with Gasteiger partial charge in [-0.2, -0.15) is 0 Å². The average molecular weight is 355 g/mol. The molecule has 0 radical (unpaired) electrons. The number of nitrogens with one attached hydrogen (secondary N) is 1. The highest BCUT2D eigenvalue weighted by Crippen LogP contribution is 2.26. The third-order valence-electron chi connectivity index (χ3n) is 2.52. The van der Waals surface area contributed by atoms with Crippen molar-refractivity contribution < 1.29 is 8.42 Å². The zero-order valence-corrected chi connectivity index (χ0v) is 13.8. The van der Waals surface area contributed by atoms with Gasteiger partial charge < -0.3 is 0 Å². The molecule has 1 rings (SSSR count). The molecular formula is C12H17BrClNO2S. The number of halogens is 2. The molecule has 0 amide bonds. The minimum absolute atomic E-state index is 0.0332. The van der Waals surface area contributed by atoms with Crippen molar-refractivity contribution in [3.8, 4) is 0 Å². The van der Waals surface area contributed by atoms with E-state index in [-0.39, 0.29) is 11.7 Å². The number of rotatable bonds is 5. The van der Waals surface area contributed by atoms with Crippen molar-refractivity contribution in [3.05, 3.63) is 27.7 Å². The molecule has 1 unspecified atom stereocenters. The van der Waals surface area contributed by atoms with Crippen molar-refractivity contribution >= 4 is 43.2 Å². The fraction of sp³-hybridized carbons (Fsp3) is 0.500. The van der Waals surface area contributed by atoms with Crippen molar-refractivity contribution in [1.82, 2.24) is 0 Å². The zero-order chi connectivity index (χ0) is 13.9. The van der Waals surface area contributed by atoms with Crippen LogP contribution in [0.4, 0.5) is 5.69 Å². The number of hydrogen-bond donors (Lipinski definition) is 1. The number of anilines is 1. The summed E-state index contributed by atoms with van der Waals surface area (Å²) in [6.07, 6.45) is 0. The topological polar surface area (TPSA) is 46.2 Å². The molecule has 0 saturated carbocycles. The van der Waals surface area contributed by atoms with E-state index in [1.807, 2.05) is 32.9 Å². The lowest BCUT2D eigenvalue weighted by Crippen LogP contribution is -2.23. The van der Waals surface area contributed by atoms with Crippen LogP contribution in [0.3, 0.4) is 0 Å². The Kier molecular flexibility index (Phi) is 5.49. The van der Waals surface area contributed by atoms with Crippen LogP contribution in [0.5, 0.6) is 0 Å². The van der Waals surface area contributed by atoms with Crippen LogP contribution in [-0.4, -0.2) is 20.1 Å². The predicted octanol–water partition coefficient (Wildman–Crippen LogP) is 3.68. The number of aryl methyl sites for hydroxylation is 2. The standard InChI is InChI=1S/C12H17BrClNO2S/c1-8(6-14)7-18(16,17)15-12-9(2)4-11(13)5-10(12)3/h4-5,8,15H,6-7H2,1-3H3. The summed E-state index contributed by atoms with van der Waals surface area (Å²) in [5.41, 5.74) is 2.44. The van der Waals surface area contributed by atoms with Crippen molar-refractivity contribution in [3.63, 3.8) is 0 Å². The van der Waals surface area contributed by atoms with Gasteiger partial charge in [-0.05, 0) is 43.0 Å². The average Bonchev–Trinajstić information content (AvgIpc) is 2.22. The Bertz CT molecular complexity index is 508. The molecule has 0 aliphatic carbocycles. The lowest BCUT2D eigenvalue weighted by molar-refractivity contribution is 0.588. The summed E-state index contributed by atoms with van der Waals surface area (Å²) in [7, 11) is -3.35. The zero-order valence-electron chi connectivity index (χ0n) is 10.6. The van der Waals surface area contributed by atoms with Gasteiger partial charge in [0, 0.05) is 10.4 Å². The highest BCUT2D eigenvalue weighted by molar-refractivity contribution is 9.10. The molecule has 0 fully saturated rings. The molecule has 1 atom stereocenters. The molecule has 1 aromatic rings. The maximum absolute atomic E-state index is 12.0. The van der Waals surface area contributed by atoms with Crippen LogP contribution in [0.1, 0.15) is 18.1 Å². The van der Waals surface area contributed by atoms with E-state index in [4.69, 9.17) is 11.6 Å². The maximum atomic E-state index is 12.0. The van der Waals surface area contributed by atoms with E-state index in [1.54, 1.807) is 0 Å². The first kappa shape index (κ1) is 15.8. The highest BCUT2D eigenvalue weighted by atomic mass is 79.9. The fourth-order valence-electron chi connectivity index (χ4n) is 1.69. The lowest BCUT2D eigenvalue weighted by atomic mass is 10.1. The van der Waals surface area contributed by atoms with E-state index < -0.39 is 10.0 Å². The SMILES string of the molecule is Cc1cc(Br)cc(C)c1NS(=O)(=O)CC(C)CCl. The van der Waals surface area contributed by atoms with Gasteiger partial charge in [0.25, 0.3) is 0 Å². The Morgan fingerprint density at radius 3 is 2.28 bits per heavy atom. The molecular weight excluding hydrogens is 338 g/mol. The monoisotopic (exact) mass is 353 g/mol. The molecule has 102 valence electrons. The van der Waals surface area contributed by atoms with Gasteiger partial charge >= 0.3 is 0 Å². The molecule has 0 aromatic heterocycles. The maximum Gasteiger partial charge on any atom is 0.233 e. The molecule has 1 aromatic carbocycles. The van der Waals surface area contributed by atoms with Crippen molar-refractivity contribution in [2.24, 2.45) is 5.92 Å². The molecule has 0 aliphatic heterocycles. The summed E-state index contributed by atoms with van der Waals surface area (Å²) >= 11 is 9.03. The van der Waals surface area contributed by atoms with Gasteiger partial charge in [-0.3, -0.25) is 4.72 Å². The van der Waals surface area contributed by atoms with E-state index in [1.165, 1.54) is 0 Å². The van der Waals surface area contributed by atoms with Gasteiger partial charge in [0.15, 0.2) is 0 Å². The van der Waals surface area contributed by atoms with E-state index in [0.717, 1.165) is 15.6 Å². The Labute approximate surface area is 122 Å². The summed E-state index contributed by atoms with van der Waals surface area (Å²) in [5, 5.41) is 0. The Morgan fingerprint density at radius 2 is 1.83 bits per heavy atom. The van der Waals surface area contributed by atoms with Gasteiger partial charge in [0.2, 0.25) is 10.0 Å². The highest BCUT2D eigenvalue weighted by Gasteiger charge is 2.17. The second-order valence-corrected chi connectivity index (χ2v) is 7.55. The fourth-order valence-corrected chi connectivity index (χ4v) is 4.20. The number of alkyl halides is 1. The quantitative estimate of drug-likeness (QED) is 0.820. The van der Waals surface area contributed by atoms with Gasteiger partial charge in [0.1, 0.15) is 0 Å². The smallest absolute Gasteiger partial charge is 0.233 e. The molecule has 6 heteroatoms. The normalized spacial score (nSPS) is 13.4. The molecule has 0 spiro atoms. The predicted molar refractivity (Wildman–Crippen MR) is 80.9 cm³/mol. The summed E-state index contributed by atoms with van der Waals surface area (Å²) in [5.74, 6) is 0.296. The van der Waals surface area contributed by atoms with Crippen LogP contribution in [0.15, 0.2) is 16.6 Å². The van der Waals surface area contributed by atoms with E-state index in [9.17, 15) is 8.42 Å². The molecule has 18 heavy (non-hydrogen) atoms. The van der Waals surface area contributed by atoms with Crippen LogP contribution >= 0.6 is 27.5 Å². The third-order valence-corrected chi connectivity index (χ3v) is 5.03. The van der Waals surface area contributed by atoms with Crippen LogP contribution < -0.4 is 4.72 Å². The Balaban J connectivity index is 2.98. The first-order chi connectivity index (χ1) is 8.25. The molecule has 0 bridgehead atoms. The summed E-state index contributed by atoms with van der Waals surface area (Å²) < 4.78 is 27.5. The van der Waals surface area contributed by atoms with Crippen molar-refractivity contribution in [2.45, 2.75) is 20.8 Å². The van der Waals surface area contributed by atoms with E-state index in [2.05, 4.69) is 20.7 Å². The largest absolute Gasteiger partial charge is 0.283 e. The van der Waals surface area contributed by atoms with Crippen LogP contribution in [0.2, 0.25) is 0 Å². The van der Waals surface area contributed by atoms with E-state index in [0.29, 0.717) is 11.6 Å². The van der Waals surface area contributed by atoms with Crippen LogP contribution in [-0.2, 0) is 10.0 Å². The number of sulfonamides is 1. The summed E-state index contributed by atoms with van der Waals surface area (Å²) in [4.78, 5) is 0. The number of benzene rings is 1. The summed E-state index contributed by atoms with van der Waals surface area (Å²) in [6.45, 7) is 5.56. The van der Waals surface area contributed by atoms with Crippen molar-refractivity contribution in [2.75, 3.05) is 16.4 Å². The second-order valence-electron chi connectivity index (χ2n) is 4.56. The van der Waals surface area contributed by atoms with Crippen molar-refractivity contribution in [1.29, 1.82) is 0 Å². The molecule has 3 nitrogen and oxygen atoms in total. The first-order valence-electron chi connectivity index (χ1n) is 5.58.